The lowest BCUT2D eigenvalue weighted by Crippen LogP contribution is -2.12. The zero-order valence-corrected chi connectivity index (χ0v) is 10.4. The Morgan fingerprint density at radius 3 is 2.59 bits per heavy atom. The number of nitrogens with zero attached hydrogens (tertiary/aromatic N) is 2. The van der Waals surface area contributed by atoms with Gasteiger partial charge < -0.3 is 5.32 Å². The van der Waals surface area contributed by atoms with E-state index in [1.54, 1.807) is 23.1 Å². The molecule has 0 bridgehead atoms. The van der Waals surface area contributed by atoms with E-state index in [2.05, 4.69) is 26.3 Å². The Morgan fingerprint density at radius 1 is 1.29 bits per heavy atom. The van der Waals surface area contributed by atoms with E-state index in [0.717, 1.165) is 0 Å². The molecule has 90 valence electrons. The number of anilines is 1. The van der Waals surface area contributed by atoms with Gasteiger partial charge in [0.2, 0.25) is 0 Å². The third kappa shape index (κ3) is 3.03. The third-order valence-electron chi connectivity index (χ3n) is 2.21. The molecule has 1 aromatic heterocycles. The molecule has 0 saturated carbocycles. The smallest absolute Gasteiger partial charge is 0.150 e. The second-order valence-electron chi connectivity index (χ2n) is 3.44. The van der Waals surface area contributed by atoms with Crippen molar-refractivity contribution in [3.05, 3.63) is 46.7 Å². The van der Waals surface area contributed by atoms with Crippen LogP contribution in [0.3, 0.4) is 0 Å². The number of nitrogens with one attached hydrogen (secondary N) is 1. The van der Waals surface area contributed by atoms with E-state index in [9.17, 15) is 8.78 Å². The number of hydrogen-bond donors (Lipinski definition) is 1. The largest absolute Gasteiger partial charge is 0.378 e. The summed E-state index contributed by atoms with van der Waals surface area (Å²) in [7, 11) is 0. The Kier molecular flexibility index (Phi) is 3.73. The fraction of sp³-hybridized carbons (Fsp3) is 0.182. The molecule has 0 aliphatic carbocycles. The first kappa shape index (κ1) is 12.0. The SMILES string of the molecule is Fc1cc(Br)cc(F)c1NCCn1cccn1. The molecule has 0 aliphatic heterocycles. The number of benzene rings is 1. The van der Waals surface area contributed by atoms with Gasteiger partial charge in [-0.25, -0.2) is 8.78 Å². The Balaban J connectivity index is 1.99. The number of halogens is 3. The van der Waals surface area contributed by atoms with Crippen LogP contribution in [0.2, 0.25) is 0 Å². The van der Waals surface area contributed by atoms with E-state index in [1.807, 2.05) is 0 Å². The molecule has 1 N–H and O–H groups in total. The summed E-state index contributed by atoms with van der Waals surface area (Å²) in [5.74, 6) is -1.23. The van der Waals surface area contributed by atoms with Crippen LogP contribution in [-0.4, -0.2) is 16.3 Å². The first-order valence-corrected chi connectivity index (χ1v) is 5.82. The van der Waals surface area contributed by atoms with Crippen molar-refractivity contribution in [2.75, 3.05) is 11.9 Å². The minimum absolute atomic E-state index is 0.111. The molecule has 17 heavy (non-hydrogen) atoms. The van der Waals surface area contributed by atoms with E-state index in [0.29, 0.717) is 17.6 Å². The zero-order valence-electron chi connectivity index (χ0n) is 8.83. The lowest BCUT2D eigenvalue weighted by atomic mass is 10.3. The molecular weight excluding hydrogens is 292 g/mol. The molecule has 1 heterocycles. The summed E-state index contributed by atoms with van der Waals surface area (Å²) in [5.41, 5.74) is -0.111. The van der Waals surface area contributed by atoms with E-state index in [1.165, 1.54) is 12.1 Å². The van der Waals surface area contributed by atoms with Crippen molar-refractivity contribution in [2.45, 2.75) is 6.54 Å². The number of hydrogen-bond acceptors (Lipinski definition) is 2. The highest BCUT2D eigenvalue weighted by Gasteiger charge is 2.09. The predicted molar refractivity (Wildman–Crippen MR) is 64.8 cm³/mol. The molecular formula is C11H10BrF2N3. The molecule has 0 radical (unpaired) electrons. The van der Waals surface area contributed by atoms with Crippen molar-refractivity contribution in [1.82, 2.24) is 9.78 Å². The third-order valence-corrected chi connectivity index (χ3v) is 2.67. The maximum atomic E-state index is 13.4. The Morgan fingerprint density at radius 2 is 2.00 bits per heavy atom. The maximum Gasteiger partial charge on any atom is 0.150 e. The van der Waals surface area contributed by atoms with Crippen molar-refractivity contribution in [1.29, 1.82) is 0 Å². The number of rotatable bonds is 4. The fourth-order valence-electron chi connectivity index (χ4n) is 1.44. The lowest BCUT2D eigenvalue weighted by molar-refractivity contribution is 0.580. The van der Waals surface area contributed by atoms with Crippen LogP contribution in [0.4, 0.5) is 14.5 Å². The normalized spacial score (nSPS) is 10.5. The van der Waals surface area contributed by atoms with Gasteiger partial charge in [0.05, 0.1) is 6.54 Å². The van der Waals surface area contributed by atoms with Crippen LogP contribution in [0.25, 0.3) is 0 Å². The monoisotopic (exact) mass is 301 g/mol. The van der Waals surface area contributed by atoms with Gasteiger partial charge in [0.15, 0.2) is 0 Å². The second kappa shape index (κ2) is 5.27. The summed E-state index contributed by atoms with van der Waals surface area (Å²) in [5, 5.41) is 6.70. The van der Waals surface area contributed by atoms with Crippen molar-refractivity contribution in [3.63, 3.8) is 0 Å². The Hall–Kier alpha value is -1.43. The van der Waals surface area contributed by atoms with E-state index >= 15 is 0 Å². The standard InChI is InChI=1S/C11H10BrF2N3/c12-8-6-9(13)11(10(14)7-8)15-3-5-17-4-1-2-16-17/h1-2,4,6-7,15H,3,5H2. The topological polar surface area (TPSA) is 29.9 Å². The van der Waals surface area contributed by atoms with Crippen LogP contribution < -0.4 is 5.32 Å². The highest BCUT2D eigenvalue weighted by atomic mass is 79.9. The van der Waals surface area contributed by atoms with Crippen molar-refractivity contribution >= 4 is 21.6 Å². The van der Waals surface area contributed by atoms with E-state index < -0.39 is 11.6 Å². The van der Waals surface area contributed by atoms with Gasteiger partial charge in [0, 0.05) is 23.4 Å². The Labute approximate surface area is 106 Å². The first-order valence-electron chi connectivity index (χ1n) is 5.02. The van der Waals surface area contributed by atoms with Gasteiger partial charge in [-0.1, -0.05) is 15.9 Å². The fourth-order valence-corrected chi connectivity index (χ4v) is 1.84. The Bertz CT molecular complexity index is 476. The molecule has 1 aromatic carbocycles. The highest BCUT2D eigenvalue weighted by Crippen LogP contribution is 2.23. The average molecular weight is 302 g/mol. The van der Waals surface area contributed by atoms with Crippen LogP contribution in [0.1, 0.15) is 0 Å². The van der Waals surface area contributed by atoms with Crippen LogP contribution in [0.5, 0.6) is 0 Å². The van der Waals surface area contributed by atoms with Crippen LogP contribution in [0.15, 0.2) is 35.1 Å². The van der Waals surface area contributed by atoms with Gasteiger partial charge in [-0.3, -0.25) is 4.68 Å². The maximum absolute atomic E-state index is 13.4. The minimum atomic E-state index is -0.614. The van der Waals surface area contributed by atoms with Crippen molar-refractivity contribution in [2.24, 2.45) is 0 Å². The molecule has 0 unspecified atom stereocenters. The highest BCUT2D eigenvalue weighted by molar-refractivity contribution is 9.10. The van der Waals surface area contributed by atoms with E-state index in [-0.39, 0.29) is 5.69 Å². The van der Waals surface area contributed by atoms with Crippen LogP contribution in [-0.2, 0) is 6.54 Å². The van der Waals surface area contributed by atoms with Crippen molar-refractivity contribution in [3.8, 4) is 0 Å². The zero-order chi connectivity index (χ0) is 12.3. The molecule has 0 amide bonds. The summed E-state index contributed by atoms with van der Waals surface area (Å²) in [6.45, 7) is 0.944. The van der Waals surface area contributed by atoms with Gasteiger partial charge in [0.25, 0.3) is 0 Å². The molecule has 6 heteroatoms. The van der Waals surface area contributed by atoms with Gasteiger partial charge in [-0.05, 0) is 18.2 Å². The summed E-state index contributed by atoms with van der Waals surface area (Å²) in [4.78, 5) is 0. The molecule has 0 spiro atoms. The summed E-state index contributed by atoms with van der Waals surface area (Å²) < 4.78 is 28.9. The summed E-state index contributed by atoms with van der Waals surface area (Å²) in [6.07, 6.45) is 3.44. The molecule has 2 aromatic rings. The molecule has 3 nitrogen and oxygen atoms in total. The van der Waals surface area contributed by atoms with E-state index in [4.69, 9.17) is 0 Å². The average Bonchev–Trinajstić information content (AvgIpc) is 2.74. The quantitative estimate of drug-likeness (QED) is 0.941. The number of aromatic nitrogens is 2. The second-order valence-corrected chi connectivity index (χ2v) is 4.36. The molecule has 0 aliphatic rings. The van der Waals surface area contributed by atoms with Gasteiger partial charge in [-0.2, -0.15) is 5.10 Å². The van der Waals surface area contributed by atoms with Crippen LogP contribution in [0, 0.1) is 11.6 Å². The molecule has 0 atom stereocenters. The lowest BCUT2D eigenvalue weighted by Gasteiger charge is -2.09. The molecule has 2 rings (SSSR count). The van der Waals surface area contributed by atoms with Crippen LogP contribution >= 0.6 is 15.9 Å². The van der Waals surface area contributed by atoms with Gasteiger partial charge in [0.1, 0.15) is 17.3 Å². The minimum Gasteiger partial charge on any atom is -0.378 e. The molecule has 0 fully saturated rings. The first-order chi connectivity index (χ1) is 8.16. The predicted octanol–water partition coefficient (Wildman–Crippen LogP) is 3.04. The van der Waals surface area contributed by atoms with Gasteiger partial charge in [-0.15, -0.1) is 0 Å². The van der Waals surface area contributed by atoms with Crippen molar-refractivity contribution < 1.29 is 8.78 Å². The molecule has 0 saturated heterocycles. The summed E-state index contributed by atoms with van der Waals surface area (Å²) >= 11 is 3.02. The summed E-state index contributed by atoms with van der Waals surface area (Å²) in [6, 6.07) is 4.24. The van der Waals surface area contributed by atoms with Gasteiger partial charge >= 0.3 is 0 Å².